The second-order valence-corrected chi connectivity index (χ2v) is 5.94. The summed E-state index contributed by atoms with van der Waals surface area (Å²) >= 11 is 0. The predicted octanol–water partition coefficient (Wildman–Crippen LogP) is 4.44. The van der Waals surface area contributed by atoms with Crippen molar-refractivity contribution in [3.8, 4) is 0 Å². The zero-order valence-electron chi connectivity index (χ0n) is 12.7. The predicted molar refractivity (Wildman–Crippen MR) is 92.5 cm³/mol. The van der Waals surface area contributed by atoms with Gasteiger partial charge in [0.25, 0.3) is 0 Å². The average molecular weight is 303 g/mol. The second-order valence-electron chi connectivity index (χ2n) is 5.94. The molecule has 0 amide bonds. The molecule has 2 N–H and O–H groups in total. The number of fused-ring (bicyclic) bond motifs is 2. The molecular weight excluding hydrogens is 286 g/mol. The molecule has 3 nitrogen and oxygen atoms in total. The van der Waals surface area contributed by atoms with Crippen LogP contribution in [-0.2, 0) is 0 Å². The third-order valence-corrected chi connectivity index (χ3v) is 4.60. The summed E-state index contributed by atoms with van der Waals surface area (Å²) in [6, 6.07) is 15.8. The second kappa shape index (κ2) is 5.43. The van der Waals surface area contributed by atoms with Crippen LogP contribution in [0, 0.1) is 0 Å². The van der Waals surface area contributed by atoms with Crippen LogP contribution in [0.15, 0.2) is 60.2 Å². The first-order chi connectivity index (χ1) is 11.2. The fourth-order valence-corrected chi connectivity index (χ4v) is 3.45. The molecule has 23 heavy (non-hydrogen) atoms. The van der Waals surface area contributed by atoms with E-state index in [1.807, 2.05) is 24.3 Å². The summed E-state index contributed by atoms with van der Waals surface area (Å²) in [5, 5.41) is 12.9. The Labute approximate surface area is 135 Å². The molecule has 0 aromatic heterocycles. The van der Waals surface area contributed by atoms with Crippen molar-refractivity contribution in [2.24, 2.45) is 0 Å². The van der Waals surface area contributed by atoms with E-state index in [9.17, 15) is 9.90 Å². The molecule has 1 heterocycles. The van der Waals surface area contributed by atoms with Gasteiger partial charge in [-0.1, -0.05) is 42.5 Å². The minimum absolute atomic E-state index is 0.368. The Morgan fingerprint density at radius 3 is 2.61 bits per heavy atom. The topological polar surface area (TPSA) is 49.3 Å². The largest absolute Gasteiger partial charge is 0.478 e. The fraction of sp³-hybridized carbons (Fsp3) is 0.150. The van der Waals surface area contributed by atoms with Gasteiger partial charge in [-0.05, 0) is 47.3 Å². The number of carboxylic acids is 1. The van der Waals surface area contributed by atoms with Gasteiger partial charge in [0.1, 0.15) is 0 Å². The van der Waals surface area contributed by atoms with Crippen LogP contribution in [0.25, 0.3) is 11.1 Å². The highest BCUT2D eigenvalue weighted by Gasteiger charge is 2.25. The number of rotatable bonds is 2. The lowest BCUT2D eigenvalue weighted by Crippen LogP contribution is -2.18. The van der Waals surface area contributed by atoms with Crippen molar-refractivity contribution in [3.63, 3.8) is 0 Å². The maximum Gasteiger partial charge on any atom is 0.336 e. The molecule has 4 rings (SSSR count). The van der Waals surface area contributed by atoms with Crippen LogP contribution >= 0.6 is 0 Å². The first kappa shape index (κ1) is 13.8. The number of hydrogen-bond acceptors (Lipinski definition) is 2. The minimum atomic E-state index is -0.877. The van der Waals surface area contributed by atoms with E-state index in [4.69, 9.17) is 0 Å². The molecule has 0 fully saturated rings. The summed E-state index contributed by atoms with van der Waals surface area (Å²) in [4.78, 5) is 11.6. The molecule has 114 valence electrons. The molecule has 0 spiro atoms. The Kier molecular flexibility index (Phi) is 3.27. The van der Waals surface area contributed by atoms with Crippen molar-refractivity contribution < 1.29 is 9.90 Å². The Balaban J connectivity index is 1.88. The molecular formula is C20H17NO2. The zero-order chi connectivity index (χ0) is 15.8. The number of carboxylic acid groups (broad SMARTS) is 1. The summed E-state index contributed by atoms with van der Waals surface area (Å²) in [6.07, 6.45) is 4.14. The van der Waals surface area contributed by atoms with Gasteiger partial charge in [0.15, 0.2) is 0 Å². The first-order valence-corrected chi connectivity index (χ1v) is 7.82. The molecule has 0 saturated carbocycles. The Hall–Kier alpha value is -2.81. The van der Waals surface area contributed by atoms with Gasteiger partial charge in [-0.2, -0.15) is 0 Å². The lowest BCUT2D eigenvalue weighted by Gasteiger charge is -2.28. The number of nitrogens with one attached hydrogen (secondary N) is 1. The molecule has 2 aromatic rings. The highest BCUT2D eigenvalue weighted by molar-refractivity contribution is 6.03. The van der Waals surface area contributed by atoms with Crippen LogP contribution in [-0.4, -0.2) is 17.6 Å². The van der Waals surface area contributed by atoms with Gasteiger partial charge in [0.05, 0.1) is 5.56 Å². The first-order valence-electron chi connectivity index (χ1n) is 7.82. The van der Waals surface area contributed by atoms with Crippen molar-refractivity contribution in [1.29, 1.82) is 0 Å². The SMILES string of the molecule is O=C(O)c1cccc2c1C1=C(CCC(c3ccccc3)=C1)CN2. The van der Waals surface area contributed by atoms with Crippen LogP contribution in [0.3, 0.4) is 0 Å². The van der Waals surface area contributed by atoms with E-state index in [-0.39, 0.29) is 0 Å². The molecule has 0 atom stereocenters. The van der Waals surface area contributed by atoms with Crippen LogP contribution < -0.4 is 5.32 Å². The van der Waals surface area contributed by atoms with Gasteiger partial charge in [0, 0.05) is 17.8 Å². The number of aromatic carboxylic acids is 1. The zero-order valence-corrected chi connectivity index (χ0v) is 12.7. The average Bonchev–Trinajstić information content (AvgIpc) is 2.61. The van der Waals surface area contributed by atoms with Crippen molar-refractivity contribution in [2.45, 2.75) is 12.8 Å². The molecule has 0 bridgehead atoms. The third kappa shape index (κ3) is 2.34. The van der Waals surface area contributed by atoms with Gasteiger partial charge in [-0.15, -0.1) is 0 Å². The van der Waals surface area contributed by atoms with Gasteiger partial charge >= 0.3 is 5.97 Å². The Bertz CT molecular complexity index is 847. The summed E-state index contributed by atoms with van der Waals surface area (Å²) in [6.45, 7) is 0.796. The van der Waals surface area contributed by atoms with Gasteiger partial charge < -0.3 is 10.4 Å². The van der Waals surface area contributed by atoms with Crippen LogP contribution in [0.4, 0.5) is 5.69 Å². The third-order valence-electron chi connectivity index (χ3n) is 4.60. The van der Waals surface area contributed by atoms with E-state index in [2.05, 4.69) is 23.5 Å². The molecule has 1 aliphatic heterocycles. The smallest absolute Gasteiger partial charge is 0.336 e. The van der Waals surface area contributed by atoms with Crippen LogP contribution in [0.1, 0.15) is 34.3 Å². The highest BCUT2D eigenvalue weighted by atomic mass is 16.4. The molecule has 1 aliphatic carbocycles. The van der Waals surface area contributed by atoms with Crippen molar-refractivity contribution in [3.05, 3.63) is 76.9 Å². The standard InChI is InChI=1S/C20H17NO2/c22-20(23)16-7-4-8-18-19(16)17-11-14(9-10-15(17)12-21-18)13-5-2-1-3-6-13/h1-8,11,21H,9-10,12H2,(H,22,23). The quantitative estimate of drug-likeness (QED) is 0.862. The molecule has 0 saturated heterocycles. The minimum Gasteiger partial charge on any atom is -0.478 e. The summed E-state index contributed by atoms with van der Waals surface area (Å²) in [5.74, 6) is -0.877. The van der Waals surface area contributed by atoms with Gasteiger partial charge in [-0.3, -0.25) is 0 Å². The highest BCUT2D eigenvalue weighted by Crippen LogP contribution is 2.41. The van der Waals surface area contributed by atoms with Crippen molar-refractivity contribution in [1.82, 2.24) is 0 Å². The summed E-state index contributed by atoms with van der Waals surface area (Å²) < 4.78 is 0. The van der Waals surface area contributed by atoms with E-state index in [0.29, 0.717) is 5.56 Å². The van der Waals surface area contributed by atoms with E-state index < -0.39 is 5.97 Å². The number of allylic oxidation sites excluding steroid dienone is 3. The van der Waals surface area contributed by atoms with Crippen molar-refractivity contribution >= 4 is 22.8 Å². The lowest BCUT2D eigenvalue weighted by molar-refractivity contribution is 0.0696. The summed E-state index contributed by atoms with van der Waals surface area (Å²) in [7, 11) is 0. The Morgan fingerprint density at radius 1 is 1.00 bits per heavy atom. The molecule has 2 aromatic carbocycles. The van der Waals surface area contributed by atoms with Crippen molar-refractivity contribution in [2.75, 3.05) is 11.9 Å². The van der Waals surface area contributed by atoms with E-state index >= 15 is 0 Å². The van der Waals surface area contributed by atoms with E-state index in [1.165, 1.54) is 16.7 Å². The molecule has 2 aliphatic rings. The fourth-order valence-electron chi connectivity index (χ4n) is 3.45. The molecule has 0 radical (unpaired) electrons. The number of anilines is 1. The number of benzene rings is 2. The maximum atomic E-state index is 11.6. The number of hydrogen-bond donors (Lipinski definition) is 2. The van der Waals surface area contributed by atoms with E-state index in [0.717, 1.165) is 36.2 Å². The summed E-state index contributed by atoms with van der Waals surface area (Å²) in [5.41, 5.74) is 6.98. The van der Waals surface area contributed by atoms with Gasteiger partial charge in [-0.25, -0.2) is 4.79 Å². The monoisotopic (exact) mass is 303 g/mol. The van der Waals surface area contributed by atoms with E-state index in [1.54, 1.807) is 12.1 Å². The Morgan fingerprint density at radius 2 is 1.83 bits per heavy atom. The lowest BCUT2D eigenvalue weighted by atomic mass is 9.82. The van der Waals surface area contributed by atoms with Crippen LogP contribution in [0.5, 0.6) is 0 Å². The maximum absolute atomic E-state index is 11.6. The molecule has 0 unspecified atom stereocenters. The molecule has 3 heteroatoms. The van der Waals surface area contributed by atoms with Crippen LogP contribution in [0.2, 0.25) is 0 Å². The van der Waals surface area contributed by atoms with Gasteiger partial charge in [0.2, 0.25) is 0 Å². The number of carbonyl (C=O) groups is 1. The normalized spacial score (nSPS) is 16.1.